The van der Waals surface area contributed by atoms with Crippen LogP contribution in [-0.4, -0.2) is 17.6 Å². The van der Waals surface area contributed by atoms with Gasteiger partial charge in [-0.25, -0.2) is 4.39 Å². The molecule has 29 heavy (non-hydrogen) atoms. The van der Waals surface area contributed by atoms with Crippen molar-refractivity contribution in [2.24, 2.45) is 0 Å². The second-order valence-corrected chi connectivity index (χ2v) is 7.72. The minimum atomic E-state index is -0.538. The predicted octanol–water partition coefficient (Wildman–Crippen LogP) is 5.77. The Balaban J connectivity index is 1.58. The summed E-state index contributed by atoms with van der Waals surface area (Å²) in [5, 5.41) is 5.50. The number of aryl methyl sites for hydroxylation is 1. The van der Waals surface area contributed by atoms with Crippen LogP contribution in [0.1, 0.15) is 15.9 Å². The first-order chi connectivity index (χ1) is 13.9. The van der Waals surface area contributed by atoms with Gasteiger partial charge in [0.25, 0.3) is 5.91 Å². The number of rotatable bonds is 6. The highest BCUT2D eigenvalue weighted by molar-refractivity contribution is 8.00. The van der Waals surface area contributed by atoms with Crippen LogP contribution < -0.4 is 10.6 Å². The normalized spacial score (nSPS) is 10.4. The van der Waals surface area contributed by atoms with Crippen molar-refractivity contribution in [2.75, 3.05) is 16.4 Å². The lowest BCUT2D eigenvalue weighted by Crippen LogP contribution is -2.14. The van der Waals surface area contributed by atoms with Crippen LogP contribution in [0.4, 0.5) is 15.8 Å². The van der Waals surface area contributed by atoms with Gasteiger partial charge in [-0.1, -0.05) is 35.9 Å². The van der Waals surface area contributed by atoms with E-state index in [0.717, 1.165) is 10.5 Å². The van der Waals surface area contributed by atoms with Gasteiger partial charge in [-0.2, -0.15) is 0 Å². The monoisotopic (exact) mass is 428 g/mol. The van der Waals surface area contributed by atoms with Crippen molar-refractivity contribution in [1.82, 2.24) is 0 Å². The molecule has 3 aromatic carbocycles. The number of anilines is 2. The zero-order chi connectivity index (χ0) is 20.8. The topological polar surface area (TPSA) is 58.2 Å². The van der Waals surface area contributed by atoms with E-state index in [1.54, 1.807) is 12.1 Å². The third-order valence-electron chi connectivity index (χ3n) is 4.05. The van der Waals surface area contributed by atoms with Gasteiger partial charge in [-0.15, -0.1) is 11.8 Å². The standard InChI is InChI=1S/C22H18ClFN2O2S/c1-14-5-2-3-8-18(14)22(28)26-15-6-4-7-17(11-15)29-13-21(27)25-16-9-10-20(24)19(23)12-16/h2-12H,13H2,1H3,(H,25,27)(H,26,28). The number of halogens is 2. The van der Waals surface area contributed by atoms with E-state index in [4.69, 9.17) is 11.6 Å². The number of carbonyl (C=O) groups excluding carboxylic acids is 2. The Morgan fingerprint density at radius 2 is 1.72 bits per heavy atom. The summed E-state index contributed by atoms with van der Waals surface area (Å²) in [5.74, 6) is -0.809. The lowest BCUT2D eigenvalue weighted by atomic mass is 10.1. The van der Waals surface area contributed by atoms with Crippen molar-refractivity contribution in [2.45, 2.75) is 11.8 Å². The minimum absolute atomic E-state index is 0.0486. The molecule has 0 spiro atoms. The Morgan fingerprint density at radius 1 is 0.966 bits per heavy atom. The molecule has 148 valence electrons. The minimum Gasteiger partial charge on any atom is -0.325 e. The molecule has 0 fully saturated rings. The molecule has 0 bridgehead atoms. The molecule has 2 amide bonds. The van der Waals surface area contributed by atoms with E-state index in [0.29, 0.717) is 16.9 Å². The smallest absolute Gasteiger partial charge is 0.255 e. The first kappa shape index (κ1) is 20.9. The van der Waals surface area contributed by atoms with Crippen LogP contribution in [0, 0.1) is 12.7 Å². The van der Waals surface area contributed by atoms with Gasteiger partial charge in [0.1, 0.15) is 5.82 Å². The average molecular weight is 429 g/mol. The summed E-state index contributed by atoms with van der Waals surface area (Å²) in [4.78, 5) is 25.4. The Bertz CT molecular complexity index is 1060. The first-order valence-corrected chi connectivity index (χ1v) is 10.1. The van der Waals surface area contributed by atoms with Gasteiger partial charge in [0.2, 0.25) is 5.91 Å². The van der Waals surface area contributed by atoms with Gasteiger partial charge in [0.05, 0.1) is 10.8 Å². The van der Waals surface area contributed by atoms with E-state index in [-0.39, 0.29) is 22.6 Å². The zero-order valence-electron chi connectivity index (χ0n) is 15.5. The molecule has 0 aliphatic heterocycles. The quantitative estimate of drug-likeness (QED) is 0.490. The second-order valence-electron chi connectivity index (χ2n) is 6.26. The van der Waals surface area contributed by atoms with Crippen molar-refractivity contribution in [3.63, 3.8) is 0 Å². The molecule has 0 aliphatic carbocycles. The average Bonchev–Trinajstić information content (AvgIpc) is 2.70. The molecule has 4 nitrogen and oxygen atoms in total. The molecule has 0 aliphatic rings. The number of carbonyl (C=O) groups is 2. The summed E-state index contributed by atoms with van der Waals surface area (Å²) in [5.41, 5.74) is 2.59. The summed E-state index contributed by atoms with van der Waals surface area (Å²) < 4.78 is 13.2. The molecule has 0 aromatic heterocycles. The third kappa shape index (κ3) is 5.82. The third-order valence-corrected chi connectivity index (χ3v) is 5.34. The van der Waals surface area contributed by atoms with E-state index < -0.39 is 5.82 Å². The molecule has 3 aromatic rings. The van der Waals surface area contributed by atoms with Gasteiger partial charge >= 0.3 is 0 Å². The Hall–Kier alpha value is -2.83. The van der Waals surface area contributed by atoms with Gasteiger partial charge in [0, 0.05) is 21.8 Å². The van der Waals surface area contributed by atoms with Gasteiger partial charge in [-0.05, 0) is 55.0 Å². The summed E-state index contributed by atoms with van der Waals surface area (Å²) >= 11 is 7.04. The molecule has 0 atom stereocenters. The Kier molecular flexibility index (Phi) is 6.90. The molecule has 7 heteroatoms. The lowest BCUT2D eigenvalue weighted by Gasteiger charge is -2.09. The predicted molar refractivity (Wildman–Crippen MR) is 116 cm³/mol. The number of hydrogen-bond donors (Lipinski definition) is 2. The maximum absolute atomic E-state index is 13.2. The molecule has 0 saturated carbocycles. The van der Waals surface area contributed by atoms with Crippen molar-refractivity contribution in [3.05, 3.63) is 88.7 Å². The second kappa shape index (κ2) is 9.58. The number of hydrogen-bond acceptors (Lipinski definition) is 3. The van der Waals surface area contributed by atoms with Crippen LogP contribution in [-0.2, 0) is 4.79 Å². The molecular weight excluding hydrogens is 411 g/mol. The molecular formula is C22H18ClFN2O2S. The highest BCUT2D eigenvalue weighted by Gasteiger charge is 2.10. The van der Waals surface area contributed by atoms with E-state index >= 15 is 0 Å². The van der Waals surface area contributed by atoms with E-state index in [1.807, 2.05) is 43.3 Å². The van der Waals surface area contributed by atoms with Gasteiger partial charge < -0.3 is 10.6 Å². The van der Waals surface area contributed by atoms with Crippen LogP contribution in [0.15, 0.2) is 71.6 Å². The van der Waals surface area contributed by atoms with Gasteiger partial charge in [-0.3, -0.25) is 9.59 Å². The Labute approximate surface area is 177 Å². The largest absolute Gasteiger partial charge is 0.325 e. The first-order valence-electron chi connectivity index (χ1n) is 8.77. The van der Waals surface area contributed by atoms with E-state index in [1.165, 1.54) is 30.0 Å². The zero-order valence-corrected chi connectivity index (χ0v) is 17.1. The number of nitrogens with one attached hydrogen (secondary N) is 2. The fourth-order valence-electron chi connectivity index (χ4n) is 2.61. The summed E-state index contributed by atoms with van der Waals surface area (Å²) in [7, 11) is 0. The van der Waals surface area contributed by atoms with E-state index in [9.17, 15) is 14.0 Å². The van der Waals surface area contributed by atoms with Crippen molar-refractivity contribution in [1.29, 1.82) is 0 Å². The fourth-order valence-corrected chi connectivity index (χ4v) is 3.55. The maximum Gasteiger partial charge on any atom is 0.255 e. The number of benzene rings is 3. The SMILES string of the molecule is Cc1ccccc1C(=O)Nc1cccc(SCC(=O)Nc2ccc(F)c(Cl)c2)c1. The van der Waals surface area contributed by atoms with Crippen LogP contribution in [0.25, 0.3) is 0 Å². The molecule has 2 N–H and O–H groups in total. The van der Waals surface area contributed by atoms with Crippen LogP contribution in [0.5, 0.6) is 0 Å². The summed E-state index contributed by atoms with van der Waals surface area (Å²) in [6, 6.07) is 18.6. The molecule has 3 rings (SSSR count). The molecule has 0 heterocycles. The summed E-state index contributed by atoms with van der Waals surface area (Å²) in [6.07, 6.45) is 0. The summed E-state index contributed by atoms with van der Waals surface area (Å²) in [6.45, 7) is 1.88. The van der Waals surface area contributed by atoms with Crippen LogP contribution in [0.3, 0.4) is 0 Å². The highest BCUT2D eigenvalue weighted by Crippen LogP contribution is 2.23. The number of thioether (sulfide) groups is 1. The van der Waals surface area contributed by atoms with Crippen molar-refractivity contribution < 1.29 is 14.0 Å². The fraction of sp³-hybridized carbons (Fsp3) is 0.0909. The maximum atomic E-state index is 13.2. The Morgan fingerprint density at radius 3 is 2.48 bits per heavy atom. The molecule has 0 radical (unpaired) electrons. The van der Waals surface area contributed by atoms with Gasteiger partial charge in [0.15, 0.2) is 0 Å². The number of amides is 2. The molecule has 0 saturated heterocycles. The van der Waals surface area contributed by atoms with Crippen LogP contribution >= 0.6 is 23.4 Å². The van der Waals surface area contributed by atoms with Crippen molar-refractivity contribution >= 4 is 46.6 Å². The molecule has 0 unspecified atom stereocenters. The van der Waals surface area contributed by atoms with E-state index in [2.05, 4.69) is 10.6 Å². The van der Waals surface area contributed by atoms with Crippen LogP contribution in [0.2, 0.25) is 5.02 Å². The lowest BCUT2D eigenvalue weighted by molar-refractivity contribution is -0.113. The van der Waals surface area contributed by atoms with Crippen molar-refractivity contribution in [3.8, 4) is 0 Å². The highest BCUT2D eigenvalue weighted by atomic mass is 35.5.